The number of H-pyrrole nitrogens is 1. The zero-order valence-electron chi connectivity index (χ0n) is 17.2. The molecular formula is C22H30N4O. The van der Waals surface area contributed by atoms with E-state index in [1.54, 1.807) is 7.11 Å². The molecule has 2 heterocycles. The van der Waals surface area contributed by atoms with Gasteiger partial charge < -0.3 is 10.1 Å². The molecule has 0 aliphatic carbocycles. The van der Waals surface area contributed by atoms with Crippen LogP contribution in [-0.2, 0) is 10.3 Å². The van der Waals surface area contributed by atoms with Crippen LogP contribution in [0, 0.1) is 27.7 Å². The number of ether oxygens (including phenoxy) is 1. The molecule has 1 aromatic carbocycles. The van der Waals surface area contributed by atoms with Gasteiger partial charge in [-0.2, -0.15) is 5.10 Å². The Kier molecular flexibility index (Phi) is 5.51. The van der Waals surface area contributed by atoms with Crippen molar-refractivity contribution in [1.82, 2.24) is 15.2 Å². The minimum atomic E-state index is -0.316. The van der Waals surface area contributed by atoms with Crippen molar-refractivity contribution in [1.29, 1.82) is 0 Å². The zero-order chi connectivity index (χ0) is 19.6. The van der Waals surface area contributed by atoms with Gasteiger partial charge in [-0.25, -0.2) is 4.98 Å². The minimum Gasteiger partial charge on any atom is -0.382 e. The van der Waals surface area contributed by atoms with Crippen LogP contribution in [0.4, 0.5) is 5.69 Å². The molecule has 2 aromatic heterocycles. The fourth-order valence-corrected chi connectivity index (χ4v) is 4.46. The first-order valence-electron chi connectivity index (χ1n) is 9.56. The Hall–Kier alpha value is -2.40. The molecule has 144 valence electrons. The molecule has 0 bridgehead atoms. The average molecular weight is 367 g/mol. The van der Waals surface area contributed by atoms with Crippen LogP contribution in [0.15, 0.2) is 24.4 Å². The highest BCUT2D eigenvalue weighted by atomic mass is 16.5. The van der Waals surface area contributed by atoms with Crippen molar-refractivity contribution in [3.63, 3.8) is 0 Å². The molecule has 5 nitrogen and oxygen atoms in total. The average Bonchev–Trinajstić information content (AvgIpc) is 3.02. The summed E-state index contributed by atoms with van der Waals surface area (Å²) in [7, 11) is 1.77. The van der Waals surface area contributed by atoms with Crippen molar-refractivity contribution in [3.05, 3.63) is 52.3 Å². The van der Waals surface area contributed by atoms with Gasteiger partial charge in [-0.15, -0.1) is 0 Å². The number of nitrogens with one attached hydrogen (secondary N) is 2. The predicted octanol–water partition coefficient (Wildman–Crippen LogP) is 4.95. The summed E-state index contributed by atoms with van der Waals surface area (Å²) >= 11 is 0. The van der Waals surface area contributed by atoms with E-state index in [0.717, 1.165) is 35.3 Å². The Morgan fingerprint density at radius 1 is 1.11 bits per heavy atom. The van der Waals surface area contributed by atoms with Gasteiger partial charge in [-0.1, -0.05) is 31.0 Å². The number of aromatic amines is 1. The van der Waals surface area contributed by atoms with Gasteiger partial charge in [-0.05, 0) is 56.9 Å². The van der Waals surface area contributed by atoms with E-state index in [2.05, 4.69) is 66.4 Å². The number of methoxy groups -OCH3 is 1. The van der Waals surface area contributed by atoms with Gasteiger partial charge in [0.15, 0.2) is 5.65 Å². The van der Waals surface area contributed by atoms with E-state index in [9.17, 15) is 0 Å². The third-order valence-electron chi connectivity index (χ3n) is 5.15. The second kappa shape index (κ2) is 7.69. The lowest BCUT2D eigenvalue weighted by Crippen LogP contribution is -2.41. The van der Waals surface area contributed by atoms with Crippen molar-refractivity contribution < 1.29 is 4.74 Å². The number of pyridine rings is 1. The molecule has 0 saturated carbocycles. The molecule has 0 fully saturated rings. The topological polar surface area (TPSA) is 62.8 Å². The van der Waals surface area contributed by atoms with Crippen molar-refractivity contribution >= 4 is 16.7 Å². The molecule has 27 heavy (non-hydrogen) atoms. The summed E-state index contributed by atoms with van der Waals surface area (Å²) in [5.74, 6) is 0. The summed E-state index contributed by atoms with van der Waals surface area (Å²) in [4.78, 5) is 4.55. The van der Waals surface area contributed by atoms with Crippen molar-refractivity contribution in [2.75, 3.05) is 19.0 Å². The second-order valence-corrected chi connectivity index (χ2v) is 7.61. The van der Waals surface area contributed by atoms with Gasteiger partial charge in [-0.3, -0.25) is 5.10 Å². The Morgan fingerprint density at radius 3 is 2.44 bits per heavy atom. The highest BCUT2D eigenvalue weighted by molar-refractivity contribution is 5.89. The fourth-order valence-electron chi connectivity index (χ4n) is 4.46. The predicted molar refractivity (Wildman–Crippen MR) is 111 cm³/mol. The first-order valence-corrected chi connectivity index (χ1v) is 9.56. The molecule has 5 heteroatoms. The van der Waals surface area contributed by atoms with Crippen LogP contribution in [0.1, 0.15) is 47.7 Å². The van der Waals surface area contributed by atoms with Gasteiger partial charge in [0.05, 0.1) is 23.7 Å². The maximum atomic E-state index is 5.75. The Labute approximate surface area is 161 Å². The molecule has 3 rings (SSSR count). The molecule has 0 spiro atoms. The smallest absolute Gasteiger partial charge is 0.157 e. The van der Waals surface area contributed by atoms with Crippen LogP contribution in [-0.4, -0.2) is 28.9 Å². The standard InChI is InChI=1S/C22H30N4O/c1-7-8-22(13-27-6,20-15(3)9-14(2)10-16(20)4)25-19-11-17(5)24-21-18(19)12-23-26-21/h9-12H,7-8,13H2,1-6H3,(H2,23,24,25,26). The third-order valence-corrected chi connectivity index (χ3v) is 5.15. The van der Waals surface area contributed by atoms with E-state index < -0.39 is 0 Å². The first kappa shape index (κ1) is 19.4. The Bertz CT molecular complexity index is 916. The highest BCUT2D eigenvalue weighted by Gasteiger charge is 2.35. The van der Waals surface area contributed by atoms with Crippen LogP contribution in [0.2, 0.25) is 0 Å². The molecule has 1 atom stereocenters. The number of aryl methyl sites for hydroxylation is 4. The van der Waals surface area contributed by atoms with Gasteiger partial charge in [0.25, 0.3) is 0 Å². The van der Waals surface area contributed by atoms with E-state index >= 15 is 0 Å². The van der Waals surface area contributed by atoms with E-state index in [1.807, 2.05) is 13.1 Å². The molecule has 1 unspecified atom stereocenters. The normalized spacial score (nSPS) is 13.7. The second-order valence-electron chi connectivity index (χ2n) is 7.61. The Balaban J connectivity index is 2.20. The summed E-state index contributed by atoms with van der Waals surface area (Å²) < 4.78 is 5.75. The van der Waals surface area contributed by atoms with Crippen LogP contribution < -0.4 is 5.32 Å². The number of anilines is 1. The number of hydrogen-bond acceptors (Lipinski definition) is 4. The summed E-state index contributed by atoms with van der Waals surface area (Å²) in [5, 5.41) is 12.0. The van der Waals surface area contributed by atoms with Gasteiger partial charge in [0.2, 0.25) is 0 Å². The van der Waals surface area contributed by atoms with Crippen LogP contribution >= 0.6 is 0 Å². The lowest BCUT2D eigenvalue weighted by Gasteiger charge is -2.38. The molecule has 0 saturated heterocycles. The molecule has 2 N–H and O–H groups in total. The monoisotopic (exact) mass is 366 g/mol. The van der Waals surface area contributed by atoms with Gasteiger partial charge in [0, 0.05) is 18.5 Å². The third kappa shape index (κ3) is 3.69. The quantitative estimate of drug-likeness (QED) is 0.621. The fraction of sp³-hybridized carbons (Fsp3) is 0.455. The highest BCUT2D eigenvalue weighted by Crippen LogP contribution is 2.38. The van der Waals surface area contributed by atoms with Gasteiger partial charge >= 0.3 is 0 Å². The number of fused-ring (bicyclic) bond motifs is 1. The number of nitrogens with zero attached hydrogens (tertiary/aromatic N) is 2. The van der Waals surface area contributed by atoms with Crippen LogP contribution in [0.5, 0.6) is 0 Å². The maximum absolute atomic E-state index is 5.75. The number of benzene rings is 1. The van der Waals surface area contributed by atoms with E-state index in [-0.39, 0.29) is 5.54 Å². The van der Waals surface area contributed by atoms with Crippen molar-refractivity contribution in [2.24, 2.45) is 0 Å². The van der Waals surface area contributed by atoms with Crippen LogP contribution in [0.3, 0.4) is 0 Å². The minimum absolute atomic E-state index is 0.316. The molecular weight excluding hydrogens is 336 g/mol. The van der Waals surface area contributed by atoms with Crippen molar-refractivity contribution in [2.45, 2.75) is 53.0 Å². The number of rotatable bonds is 7. The summed E-state index contributed by atoms with van der Waals surface area (Å²) in [6.45, 7) is 11.4. The SMILES string of the molecule is CCCC(COC)(Nc1cc(C)nc2[nH]ncc12)c1c(C)cc(C)cc1C. The maximum Gasteiger partial charge on any atom is 0.157 e. The van der Waals surface area contributed by atoms with Crippen LogP contribution in [0.25, 0.3) is 11.0 Å². The largest absolute Gasteiger partial charge is 0.382 e. The number of hydrogen-bond donors (Lipinski definition) is 2. The lowest BCUT2D eigenvalue weighted by atomic mass is 9.80. The lowest BCUT2D eigenvalue weighted by molar-refractivity contribution is 0.136. The summed E-state index contributed by atoms with van der Waals surface area (Å²) in [6.07, 6.45) is 3.84. The zero-order valence-corrected chi connectivity index (χ0v) is 17.2. The molecule has 0 aliphatic heterocycles. The Morgan fingerprint density at radius 2 is 1.81 bits per heavy atom. The number of aromatic nitrogens is 3. The van der Waals surface area contributed by atoms with Crippen molar-refractivity contribution in [3.8, 4) is 0 Å². The summed E-state index contributed by atoms with van der Waals surface area (Å²) in [5.41, 5.74) is 7.67. The molecule has 0 aliphatic rings. The molecule has 0 radical (unpaired) electrons. The van der Waals surface area contributed by atoms with Gasteiger partial charge in [0.1, 0.15) is 0 Å². The van der Waals surface area contributed by atoms with E-state index in [4.69, 9.17) is 4.74 Å². The first-order chi connectivity index (χ1) is 12.9. The molecule has 3 aromatic rings. The summed E-state index contributed by atoms with van der Waals surface area (Å²) in [6, 6.07) is 6.61. The van der Waals surface area contributed by atoms with E-state index in [1.165, 1.54) is 22.3 Å². The molecule has 0 amide bonds. The van der Waals surface area contributed by atoms with E-state index in [0.29, 0.717) is 6.61 Å².